The average Bonchev–Trinajstić information content (AvgIpc) is 2.67. The van der Waals surface area contributed by atoms with Crippen molar-refractivity contribution < 1.29 is 4.74 Å². The molecule has 0 saturated carbocycles. The number of anilines is 1. The number of hydrogen-bond acceptors (Lipinski definition) is 7. The summed E-state index contributed by atoms with van der Waals surface area (Å²) in [4.78, 5) is 26.6. The van der Waals surface area contributed by atoms with Crippen molar-refractivity contribution in [1.29, 1.82) is 0 Å². The highest BCUT2D eigenvalue weighted by atomic mass is 16.5. The van der Waals surface area contributed by atoms with Crippen molar-refractivity contribution in [3.05, 3.63) is 51.9 Å². The van der Waals surface area contributed by atoms with E-state index in [9.17, 15) is 4.79 Å². The van der Waals surface area contributed by atoms with Crippen LogP contribution in [0.2, 0.25) is 0 Å². The van der Waals surface area contributed by atoms with Crippen LogP contribution in [0.3, 0.4) is 0 Å². The summed E-state index contributed by atoms with van der Waals surface area (Å²) >= 11 is 0. The van der Waals surface area contributed by atoms with Gasteiger partial charge in [-0.05, 0) is 31.7 Å². The van der Waals surface area contributed by atoms with E-state index >= 15 is 0 Å². The molecular weight excluding hydrogens is 344 g/mol. The van der Waals surface area contributed by atoms with Crippen molar-refractivity contribution in [3.63, 3.8) is 0 Å². The van der Waals surface area contributed by atoms with Crippen molar-refractivity contribution in [2.24, 2.45) is 4.99 Å². The second kappa shape index (κ2) is 7.03. The van der Waals surface area contributed by atoms with Crippen LogP contribution in [0.25, 0.3) is 0 Å². The molecule has 0 bridgehead atoms. The molecule has 0 unspecified atom stereocenters. The van der Waals surface area contributed by atoms with Gasteiger partial charge in [0.15, 0.2) is 6.17 Å². The van der Waals surface area contributed by atoms with Gasteiger partial charge in [0.1, 0.15) is 5.75 Å². The number of nitrogens with zero attached hydrogens (tertiary/aromatic N) is 5. The van der Waals surface area contributed by atoms with Crippen molar-refractivity contribution in [1.82, 2.24) is 19.4 Å². The lowest BCUT2D eigenvalue weighted by atomic mass is 10.1. The normalized spacial score (nSPS) is 19.9. The first-order valence-corrected chi connectivity index (χ1v) is 9.07. The molecule has 2 aliphatic rings. The number of benzene rings is 1. The van der Waals surface area contributed by atoms with Crippen molar-refractivity contribution in [3.8, 4) is 5.75 Å². The van der Waals surface area contributed by atoms with E-state index in [2.05, 4.69) is 27.1 Å². The van der Waals surface area contributed by atoms with E-state index in [1.807, 2.05) is 31.2 Å². The predicted molar refractivity (Wildman–Crippen MR) is 104 cm³/mol. The lowest BCUT2D eigenvalue weighted by Crippen LogP contribution is -2.51. The quantitative estimate of drug-likeness (QED) is 0.857. The molecule has 27 heavy (non-hydrogen) atoms. The molecule has 1 atom stereocenters. The number of ether oxygens (including phenoxy) is 1. The summed E-state index contributed by atoms with van der Waals surface area (Å²) in [6.07, 6.45) is -0.456. The highest BCUT2D eigenvalue weighted by Gasteiger charge is 2.28. The van der Waals surface area contributed by atoms with Gasteiger partial charge in [0.2, 0.25) is 11.9 Å². The number of piperazine rings is 1. The summed E-state index contributed by atoms with van der Waals surface area (Å²) in [5, 5.41) is 3.27. The molecule has 0 radical (unpaired) electrons. The SMILES string of the molecule is COc1ccc([C@@H]2N=C(N3CCN(C)CC3)Nc3nc(C)cc(=O)n32)cc1. The van der Waals surface area contributed by atoms with Gasteiger partial charge in [-0.1, -0.05) is 12.1 Å². The Morgan fingerprint density at radius 1 is 1.15 bits per heavy atom. The topological polar surface area (TPSA) is 75.0 Å². The average molecular weight is 368 g/mol. The van der Waals surface area contributed by atoms with Gasteiger partial charge in [-0.3, -0.25) is 14.7 Å². The van der Waals surface area contributed by atoms with Gasteiger partial charge in [0.05, 0.1) is 7.11 Å². The molecule has 1 saturated heterocycles. The summed E-state index contributed by atoms with van der Waals surface area (Å²) in [7, 11) is 3.75. The van der Waals surface area contributed by atoms with Crippen LogP contribution in [0.4, 0.5) is 5.95 Å². The molecule has 1 aromatic carbocycles. The van der Waals surface area contributed by atoms with E-state index in [-0.39, 0.29) is 5.56 Å². The monoisotopic (exact) mass is 368 g/mol. The first-order valence-electron chi connectivity index (χ1n) is 9.07. The Morgan fingerprint density at radius 3 is 2.52 bits per heavy atom. The fourth-order valence-corrected chi connectivity index (χ4v) is 3.41. The zero-order valence-electron chi connectivity index (χ0n) is 15.8. The maximum Gasteiger partial charge on any atom is 0.257 e. The number of guanidine groups is 1. The van der Waals surface area contributed by atoms with Crippen LogP contribution >= 0.6 is 0 Å². The van der Waals surface area contributed by atoms with E-state index in [1.165, 1.54) is 6.07 Å². The molecule has 1 aromatic heterocycles. The standard InChI is InChI=1S/C19H24N6O2/c1-13-12-16(26)25-17(14-4-6-15(27-3)7-5-14)21-18(22-19(25)20-13)24-10-8-23(2)9-11-24/h4-7,12,17H,8-11H2,1-3H3,(H,20,21,22)/t17-/m1/s1. The third kappa shape index (κ3) is 3.40. The fourth-order valence-electron chi connectivity index (χ4n) is 3.41. The highest BCUT2D eigenvalue weighted by molar-refractivity contribution is 5.93. The zero-order chi connectivity index (χ0) is 19.0. The van der Waals surface area contributed by atoms with Gasteiger partial charge in [0.25, 0.3) is 5.56 Å². The fraction of sp³-hybridized carbons (Fsp3) is 0.421. The van der Waals surface area contributed by atoms with E-state index in [1.54, 1.807) is 11.7 Å². The number of nitrogens with one attached hydrogen (secondary N) is 1. The van der Waals surface area contributed by atoms with Crippen molar-refractivity contribution in [2.75, 3.05) is 45.7 Å². The molecule has 1 fully saturated rings. The number of aryl methyl sites for hydroxylation is 1. The Balaban J connectivity index is 1.77. The van der Waals surface area contributed by atoms with Gasteiger partial charge < -0.3 is 14.5 Å². The van der Waals surface area contributed by atoms with Gasteiger partial charge >= 0.3 is 0 Å². The van der Waals surface area contributed by atoms with Crippen molar-refractivity contribution in [2.45, 2.75) is 13.1 Å². The van der Waals surface area contributed by atoms with Crippen LogP contribution < -0.4 is 15.6 Å². The first-order chi connectivity index (χ1) is 13.0. The van der Waals surface area contributed by atoms with Crippen LogP contribution in [0.15, 0.2) is 40.1 Å². The molecule has 0 spiro atoms. The summed E-state index contributed by atoms with van der Waals surface area (Å²) < 4.78 is 6.86. The maximum atomic E-state index is 12.7. The Bertz CT molecular complexity index is 913. The van der Waals surface area contributed by atoms with E-state index in [4.69, 9.17) is 9.73 Å². The zero-order valence-corrected chi connectivity index (χ0v) is 15.8. The minimum Gasteiger partial charge on any atom is -0.497 e. The summed E-state index contributed by atoms with van der Waals surface area (Å²) in [5.74, 6) is 2.07. The largest absolute Gasteiger partial charge is 0.497 e. The Morgan fingerprint density at radius 2 is 1.85 bits per heavy atom. The van der Waals surface area contributed by atoms with Gasteiger partial charge in [0, 0.05) is 37.9 Å². The Kier molecular flexibility index (Phi) is 4.57. The molecule has 8 nitrogen and oxygen atoms in total. The lowest BCUT2D eigenvalue weighted by molar-refractivity contribution is 0.213. The molecule has 2 aromatic rings. The minimum atomic E-state index is -0.456. The van der Waals surface area contributed by atoms with Crippen LogP contribution in [-0.4, -0.2) is 65.6 Å². The third-order valence-corrected chi connectivity index (χ3v) is 5.01. The number of hydrogen-bond donors (Lipinski definition) is 1. The number of aromatic nitrogens is 2. The predicted octanol–water partition coefficient (Wildman–Crippen LogP) is 1.14. The lowest BCUT2D eigenvalue weighted by Gasteiger charge is -2.37. The molecule has 3 heterocycles. The maximum absolute atomic E-state index is 12.7. The van der Waals surface area contributed by atoms with E-state index in [0.717, 1.165) is 43.5 Å². The Hall–Kier alpha value is -2.87. The second-order valence-electron chi connectivity index (χ2n) is 6.94. The van der Waals surface area contributed by atoms with Crippen molar-refractivity contribution >= 4 is 11.9 Å². The molecular formula is C19H24N6O2. The van der Waals surface area contributed by atoms with E-state index < -0.39 is 6.17 Å². The van der Waals surface area contributed by atoms with E-state index in [0.29, 0.717) is 11.6 Å². The molecule has 8 heteroatoms. The molecule has 4 rings (SSSR count). The van der Waals surface area contributed by atoms with Gasteiger partial charge in [-0.15, -0.1) is 0 Å². The van der Waals surface area contributed by atoms with Crippen LogP contribution in [0.5, 0.6) is 5.75 Å². The Labute approximate surface area is 158 Å². The highest BCUT2D eigenvalue weighted by Crippen LogP contribution is 2.27. The number of fused-ring (bicyclic) bond motifs is 1. The molecule has 1 N–H and O–H groups in total. The molecule has 0 amide bonds. The van der Waals surface area contributed by atoms with Gasteiger partial charge in [-0.25, -0.2) is 9.98 Å². The summed E-state index contributed by atoms with van der Waals surface area (Å²) in [6.45, 7) is 5.54. The van der Waals surface area contributed by atoms with Gasteiger partial charge in [-0.2, -0.15) is 0 Å². The summed E-state index contributed by atoms with van der Waals surface area (Å²) in [6, 6.07) is 9.19. The number of aliphatic imine (C=N–C) groups is 1. The van der Waals surface area contributed by atoms with Crippen LogP contribution in [0, 0.1) is 6.92 Å². The van der Waals surface area contributed by atoms with Crippen LogP contribution in [-0.2, 0) is 0 Å². The second-order valence-corrected chi connectivity index (χ2v) is 6.94. The number of likely N-dealkylation sites (N-methyl/N-ethyl adjacent to an activating group) is 1. The smallest absolute Gasteiger partial charge is 0.257 e. The minimum absolute atomic E-state index is 0.119. The first kappa shape index (κ1) is 17.5. The van der Waals surface area contributed by atoms with Crippen LogP contribution in [0.1, 0.15) is 17.4 Å². The third-order valence-electron chi connectivity index (χ3n) is 5.01. The molecule has 0 aliphatic carbocycles. The molecule has 142 valence electrons. The molecule has 2 aliphatic heterocycles. The number of rotatable bonds is 2. The number of methoxy groups -OCH3 is 1. The summed E-state index contributed by atoms with van der Waals surface area (Å²) in [5.41, 5.74) is 1.48.